The lowest BCUT2D eigenvalue weighted by atomic mass is 9.96. The highest BCUT2D eigenvalue weighted by atomic mass is 16.5. The van der Waals surface area contributed by atoms with Crippen molar-refractivity contribution in [2.24, 2.45) is 0 Å². The Morgan fingerprint density at radius 2 is 2.25 bits per heavy atom. The third-order valence-corrected chi connectivity index (χ3v) is 4.86. The molecule has 0 amide bonds. The van der Waals surface area contributed by atoms with E-state index >= 15 is 0 Å². The standard InChI is InChI=1S/C15H28N2O3/c1-4-12-10-20-11(3)9-17(12)13-6-7-15(8-13,14(18)19)16-5-2/h11-13,16H,4-10H2,1-3H3,(H,18,19). The number of carboxylic acid groups (broad SMARTS) is 1. The first-order valence-electron chi connectivity index (χ1n) is 7.88. The van der Waals surface area contributed by atoms with E-state index in [9.17, 15) is 9.90 Å². The maximum Gasteiger partial charge on any atom is 0.323 e. The average Bonchev–Trinajstić information content (AvgIpc) is 2.85. The van der Waals surface area contributed by atoms with E-state index < -0.39 is 11.5 Å². The van der Waals surface area contributed by atoms with Crippen LogP contribution in [0.1, 0.15) is 46.5 Å². The van der Waals surface area contributed by atoms with Crippen LogP contribution < -0.4 is 5.32 Å². The lowest BCUT2D eigenvalue weighted by Gasteiger charge is -2.42. The van der Waals surface area contributed by atoms with Gasteiger partial charge < -0.3 is 15.2 Å². The van der Waals surface area contributed by atoms with Crippen molar-refractivity contribution >= 4 is 5.97 Å². The van der Waals surface area contributed by atoms with E-state index in [4.69, 9.17) is 4.74 Å². The number of nitrogens with zero attached hydrogens (tertiary/aromatic N) is 1. The summed E-state index contributed by atoms with van der Waals surface area (Å²) in [4.78, 5) is 14.1. The molecule has 0 aromatic heterocycles. The largest absolute Gasteiger partial charge is 0.480 e. The maximum absolute atomic E-state index is 11.7. The summed E-state index contributed by atoms with van der Waals surface area (Å²) >= 11 is 0. The molecule has 1 saturated carbocycles. The Balaban J connectivity index is 2.08. The molecule has 4 atom stereocenters. The Morgan fingerprint density at radius 3 is 2.85 bits per heavy atom. The van der Waals surface area contributed by atoms with Crippen molar-refractivity contribution < 1.29 is 14.6 Å². The van der Waals surface area contributed by atoms with Crippen molar-refractivity contribution in [2.45, 2.75) is 70.2 Å². The summed E-state index contributed by atoms with van der Waals surface area (Å²) in [5.74, 6) is -0.698. The number of hydrogen-bond acceptors (Lipinski definition) is 4. The second kappa shape index (κ2) is 6.41. The number of carboxylic acids is 1. The van der Waals surface area contributed by atoms with Gasteiger partial charge in [-0.1, -0.05) is 13.8 Å². The predicted molar refractivity (Wildman–Crippen MR) is 77.9 cm³/mol. The smallest absolute Gasteiger partial charge is 0.323 e. The normalized spacial score (nSPS) is 39.0. The molecule has 2 rings (SSSR count). The first-order chi connectivity index (χ1) is 9.52. The molecule has 0 aromatic rings. The number of likely N-dealkylation sites (N-methyl/N-ethyl adjacent to an activating group) is 1. The molecule has 2 aliphatic rings. The van der Waals surface area contributed by atoms with Crippen molar-refractivity contribution in [1.29, 1.82) is 0 Å². The lowest BCUT2D eigenvalue weighted by molar-refractivity contribution is -0.145. The van der Waals surface area contributed by atoms with Gasteiger partial charge in [0.1, 0.15) is 5.54 Å². The number of nitrogens with one attached hydrogen (secondary N) is 1. The van der Waals surface area contributed by atoms with Crippen LogP contribution in [0.15, 0.2) is 0 Å². The Hall–Kier alpha value is -0.650. The van der Waals surface area contributed by atoms with Crippen molar-refractivity contribution in [3.8, 4) is 0 Å². The van der Waals surface area contributed by atoms with Crippen LogP contribution in [0.2, 0.25) is 0 Å². The molecule has 20 heavy (non-hydrogen) atoms. The van der Waals surface area contributed by atoms with Gasteiger partial charge in [-0.05, 0) is 39.2 Å². The van der Waals surface area contributed by atoms with E-state index in [-0.39, 0.29) is 6.10 Å². The molecular formula is C15H28N2O3. The van der Waals surface area contributed by atoms with E-state index in [0.29, 0.717) is 25.0 Å². The minimum Gasteiger partial charge on any atom is -0.480 e. The van der Waals surface area contributed by atoms with E-state index in [2.05, 4.69) is 24.1 Å². The van der Waals surface area contributed by atoms with Gasteiger partial charge in [0, 0.05) is 18.6 Å². The molecule has 1 heterocycles. The van der Waals surface area contributed by atoms with E-state index in [1.165, 1.54) is 0 Å². The van der Waals surface area contributed by atoms with Gasteiger partial charge in [0.25, 0.3) is 0 Å². The predicted octanol–water partition coefficient (Wildman–Crippen LogP) is 1.47. The zero-order chi connectivity index (χ0) is 14.8. The van der Waals surface area contributed by atoms with Crippen LogP contribution in [0, 0.1) is 0 Å². The average molecular weight is 284 g/mol. The summed E-state index contributed by atoms with van der Waals surface area (Å²) in [5.41, 5.74) is -0.723. The number of carbonyl (C=O) groups is 1. The molecule has 5 heteroatoms. The van der Waals surface area contributed by atoms with Crippen molar-refractivity contribution in [3.05, 3.63) is 0 Å². The minimum atomic E-state index is -0.723. The molecule has 0 spiro atoms. The number of aliphatic carboxylic acids is 1. The summed E-state index contributed by atoms with van der Waals surface area (Å²) in [6.45, 7) is 8.66. The van der Waals surface area contributed by atoms with Gasteiger partial charge in [-0.25, -0.2) is 0 Å². The first-order valence-corrected chi connectivity index (χ1v) is 7.88. The first kappa shape index (κ1) is 15.7. The SMILES string of the molecule is CCNC1(C(=O)O)CCC(N2CC(C)OCC2CC)C1. The highest BCUT2D eigenvalue weighted by Gasteiger charge is 2.48. The van der Waals surface area contributed by atoms with Crippen LogP contribution in [0.4, 0.5) is 0 Å². The van der Waals surface area contributed by atoms with Crippen LogP contribution in [-0.4, -0.2) is 59.4 Å². The fourth-order valence-electron chi connectivity index (χ4n) is 3.74. The Morgan fingerprint density at radius 1 is 1.50 bits per heavy atom. The summed E-state index contributed by atoms with van der Waals surface area (Å²) < 4.78 is 5.74. The summed E-state index contributed by atoms with van der Waals surface area (Å²) in [6, 6.07) is 0.795. The highest BCUT2D eigenvalue weighted by Crippen LogP contribution is 2.35. The Labute approximate surface area is 121 Å². The summed E-state index contributed by atoms with van der Waals surface area (Å²) in [7, 11) is 0. The quantitative estimate of drug-likeness (QED) is 0.800. The van der Waals surface area contributed by atoms with Crippen molar-refractivity contribution in [2.75, 3.05) is 19.7 Å². The number of rotatable bonds is 5. The van der Waals surface area contributed by atoms with Crippen LogP contribution >= 0.6 is 0 Å². The second-order valence-corrected chi connectivity index (χ2v) is 6.22. The van der Waals surface area contributed by atoms with Crippen LogP contribution in [0.5, 0.6) is 0 Å². The van der Waals surface area contributed by atoms with Crippen LogP contribution in [0.25, 0.3) is 0 Å². The fraction of sp³-hybridized carbons (Fsp3) is 0.933. The third kappa shape index (κ3) is 3.00. The molecule has 4 unspecified atom stereocenters. The Kier molecular flexibility index (Phi) is 5.04. The van der Waals surface area contributed by atoms with Crippen molar-refractivity contribution in [3.63, 3.8) is 0 Å². The van der Waals surface area contributed by atoms with E-state index in [0.717, 1.165) is 32.4 Å². The number of hydrogen-bond donors (Lipinski definition) is 2. The van der Waals surface area contributed by atoms with Gasteiger partial charge in [0.15, 0.2) is 0 Å². The summed E-state index contributed by atoms with van der Waals surface area (Å²) in [5, 5.41) is 12.8. The second-order valence-electron chi connectivity index (χ2n) is 6.22. The van der Waals surface area contributed by atoms with Gasteiger partial charge in [-0.2, -0.15) is 0 Å². The maximum atomic E-state index is 11.7. The zero-order valence-corrected chi connectivity index (χ0v) is 12.9. The number of morpholine rings is 1. The Bertz CT molecular complexity index is 350. The van der Waals surface area contributed by atoms with Gasteiger partial charge in [0.05, 0.1) is 12.7 Å². The topological polar surface area (TPSA) is 61.8 Å². The molecule has 1 aliphatic heterocycles. The van der Waals surface area contributed by atoms with Gasteiger partial charge in [0.2, 0.25) is 0 Å². The molecule has 116 valence electrons. The van der Waals surface area contributed by atoms with Gasteiger partial charge in [-0.3, -0.25) is 9.69 Å². The third-order valence-electron chi connectivity index (χ3n) is 4.86. The van der Waals surface area contributed by atoms with Crippen LogP contribution in [0.3, 0.4) is 0 Å². The summed E-state index contributed by atoms with van der Waals surface area (Å²) in [6.07, 6.45) is 3.70. The fourth-order valence-corrected chi connectivity index (χ4v) is 3.74. The molecule has 5 nitrogen and oxygen atoms in total. The minimum absolute atomic E-state index is 0.247. The molecule has 2 fully saturated rings. The highest BCUT2D eigenvalue weighted by molar-refractivity contribution is 5.79. The van der Waals surface area contributed by atoms with Gasteiger partial charge in [-0.15, -0.1) is 0 Å². The molecular weight excluding hydrogens is 256 g/mol. The molecule has 2 N–H and O–H groups in total. The van der Waals surface area contributed by atoms with Crippen molar-refractivity contribution in [1.82, 2.24) is 10.2 Å². The zero-order valence-electron chi connectivity index (χ0n) is 12.9. The van der Waals surface area contributed by atoms with E-state index in [1.807, 2.05) is 6.92 Å². The molecule has 0 radical (unpaired) electrons. The monoisotopic (exact) mass is 284 g/mol. The molecule has 1 aliphatic carbocycles. The lowest BCUT2D eigenvalue weighted by Crippen LogP contribution is -2.55. The van der Waals surface area contributed by atoms with Crippen LogP contribution in [-0.2, 0) is 9.53 Å². The molecule has 0 bridgehead atoms. The number of ether oxygens (including phenoxy) is 1. The molecule has 0 aromatic carbocycles. The van der Waals surface area contributed by atoms with E-state index in [1.54, 1.807) is 0 Å². The van der Waals surface area contributed by atoms with Gasteiger partial charge >= 0.3 is 5.97 Å². The molecule has 1 saturated heterocycles.